The van der Waals surface area contributed by atoms with Crippen LogP contribution < -0.4 is 5.32 Å². The molecular formula is C9H8BrN3O. The van der Waals surface area contributed by atoms with Gasteiger partial charge in [0.05, 0.1) is 11.8 Å². The molecule has 72 valence electrons. The third-order valence-corrected chi connectivity index (χ3v) is 2.37. The van der Waals surface area contributed by atoms with Crippen molar-refractivity contribution in [2.24, 2.45) is 0 Å². The van der Waals surface area contributed by atoms with E-state index in [4.69, 9.17) is 5.26 Å². The van der Waals surface area contributed by atoms with Crippen LogP contribution in [-0.2, 0) is 4.79 Å². The largest absolute Gasteiger partial charge is 0.310 e. The van der Waals surface area contributed by atoms with Crippen molar-refractivity contribution >= 4 is 27.7 Å². The van der Waals surface area contributed by atoms with E-state index in [0.29, 0.717) is 5.82 Å². The minimum Gasteiger partial charge on any atom is -0.310 e. The SMILES string of the molecule is Cc1nc(NC(=O)CC#N)ccc1Br. The molecule has 0 aliphatic carbocycles. The molecule has 0 saturated heterocycles. The standard InChI is InChI=1S/C9H8BrN3O/c1-6-7(10)2-3-8(12-6)13-9(14)4-5-11/h2-3H,4H2,1H3,(H,12,13,14). The van der Waals surface area contributed by atoms with Gasteiger partial charge in [-0.25, -0.2) is 4.98 Å². The van der Waals surface area contributed by atoms with Crippen molar-refractivity contribution < 1.29 is 4.79 Å². The maximum absolute atomic E-state index is 11.0. The highest BCUT2D eigenvalue weighted by atomic mass is 79.9. The molecular weight excluding hydrogens is 246 g/mol. The molecule has 0 spiro atoms. The second kappa shape index (κ2) is 4.72. The summed E-state index contributed by atoms with van der Waals surface area (Å²) in [7, 11) is 0. The lowest BCUT2D eigenvalue weighted by Gasteiger charge is -2.03. The molecule has 1 N–H and O–H groups in total. The highest BCUT2D eigenvalue weighted by Gasteiger charge is 2.03. The number of rotatable bonds is 2. The van der Waals surface area contributed by atoms with Gasteiger partial charge in [0.1, 0.15) is 12.2 Å². The van der Waals surface area contributed by atoms with E-state index in [2.05, 4.69) is 26.2 Å². The molecule has 0 radical (unpaired) electrons. The van der Waals surface area contributed by atoms with Gasteiger partial charge >= 0.3 is 0 Å². The zero-order valence-corrected chi connectivity index (χ0v) is 9.13. The first-order valence-electron chi connectivity index (χ1n) is 3.93. The summed E-state index contributed by atoms with van der Waals surface area (Å²) in [6, 6.07) is 5.23. The first-order chi connectivity index (χ1) is 6.63. The van der Waals surface area contributed by atoms with Crippen molar-refractivity contribution in [3.63, 3.8) is 0 Å². The number of hydrogen-bond acceptors (Lipinski definition) is 3. The molecule has 4 nitrogen and oxygen atoms in total. The highest BCUT2D eigenvalue weighted by molar-refractivity contribution is 9.10. The summed E-state index contributed by atoms with van der Waals surface area (Å²) in [6.45, 7) is 1.82. The summed E-state index contributed by atoms with van der Waals surface area (Å²) < 4.78 is 0.885. The number of nitriles is 1. The molecule has 0 fully saturated rings. The number of aromatic nitrogens is 1. The van der Waals surface area contributed by atoms with Gasteiger partial charge in [0.25, 0.3) is 0 Å². The number of halogens is 1. The van der Waals surface area contributed by atoms with Crippen molar-refractivity contribution in [1.82, 2.24) is 4.98 Å². The van der Waals surface area contributed by atoms with E-state index in [9.17, 15) is 4.79 Å². The van der Waals surface area contributed by atoms with Crippen LogP contribution in [0.2, 0.25) is 0 Å². The molecule has 0 aliphatic heterocycles. The van der Waals surface area contributed by atoms with Crippen LogP contribution in [0.1, 0.15) is 12.1 Å². The number of amides is 1. The number of nitrogens with zero attached hydrogens (tertiary/aromatic N) is 2. The maximum atomic E-state index is 11.0. The Kier molecular flexibility index (Phi) is 3.60. The van der Waals surface area contributed by atoms with Crippen LogP contribution in [-0.4, -0.2) is 10.9 Å². The van der Waals surface area contributed by atoms with Gasteiger partial charge in [-0.05, 0) is 35.0 Å². The first-order valence-corrected chi connectivity index (χ1v) is 4.72. The minimum absolute atomic E-state index is 0.156. The number of carbonyl (C=O) groups is 1. The fraction of sp³-hybridized carbons (Fsp3) is 0.222. The molecule has 0 atom stereocenters. The topological polar surface area (TPSA) is 65.8 Å². The predicted octanol–water partition coefficient (Wildman–Crippen LogP) is 2.00. The molecule has 14 heavy (non-hydrogen) atoms. The van der Waals surface area contributed by atoms with E-state index in [0.717, 1.165) is 10.2 Å². The minimum atomic E-state index is -0.346. The Morgan fingerprint density at radius 2 is 2.43 bits per heavy atom. The van der Waals surface area contributed by atoms with Gasteiger partial charge in [-0.2, -0.15) is 5.26 Å². The van der Waals surface area contributed by atoms with Gasteiger partial charge in [0.2, 0.25) is 5.91 Å². The van der Waals surface area contributed by atoms with Crippen molar-refractivity contribution in [2.45, 2.75) is 13.3 Å². The number of hydrogen-bond donors (Lipinski definition) is 1. The molecule has 1 aromatic heterocycles. The van der Waals surface area contributed by atoms with Crippen LogP contribution in [0.5, 0.6) is 0 Å². The lowest BCUT2D eigenvalue weighted by Crippen LogP contribution is -2.11. The van der Waals surface area contributed by atoms with Crippen LogP contribution >= 0.6 is 15.9 Å². The molecule has 0 saturated carbocycles. The number of pyridine rings is 1. The summed E-state index contributed by atoms with van der Waals surface area (Å²) in [5.41, 5.74) is 0.791. The highest BCUT2D eigenvalue weighted by Crippen LogP contribution is 2.16. The Morgan fingerprint density at radius 3 is 3.00 bits per heavy atom. The van der Waals surface area contributed by atoms with Crippen molar-refractivity contribution in [3.8, 4) is 6.07 Å². The lowest BCUT2D eigenvalue weighted by molar-refractivity contribution is -0.115. The average molecular weight is 254 g/mol. The van der Waals surface area contributed by atoms with Crippen LogP contribution in [0.4, 0.5) is 5.82 Å². The summed E-state index contributed by atoms with van der Waals surface area (Å²) in [4.78, 5) is 15.1. The van der Waals surface area contributed by atoms with Crippen LogP contribution in [0.15, 0.2) is 16.6 Å². The molecule has 0 unspecified atom stereocenters. The second-order valence-corrected chi connectivity index (χ2v) is 3.50. The first kappa shape index (κ1) is 10.7. The van der Waals surface area contributed by atoms with Gasteiger partial charge in [-0.15, -0.1) is 0 Å². The smallest absolute Gasteiger partial charge is 0.239 e. The molecule has 0 bridgehead atoms. The van der Waals surface area contributed by atoms with E-state index < -0.39 is 0 Å². The Labute approximate surface area is 90.1 Å². The monoisotopic (exact) mass is 253 g/mol. The van der Waals surface area contributed by atoms with Gasteiger partial charge in [-0.3, -0.25) is 4.79 Å². The van der Waals surface area contributed by atoms with Gasteiger partial charge in [-0.1, -0.05) is 0 Å². The zero-order valence-electron chi connectivity index (χ0n) is 7.54. The van der Waals surface area contributed by atoms with Crippen LogP contribution in [0, 0.1) is 18.3 Å². The second-order valence-electron chi connectivity index (χ2n) is 2.65. The van der Waals surface area contributed by atoms with Gasteiger partial charge in [0.15, 0.2) is 0 Å². The Balaban J connectivity index is 2.74. The van der Waals surface area contributed by atoms with Crippen molar-refractivity contribution in [1.29, 1.82) is 5.26 Å². The predicted molar refractivity (Wildman–Crippen MR) is 55.5 cm³/mol. The van der Waals surface area contributed by atoms with E-state index >= 15 is 0 Å². The summed E-state index contributed by atoms with van der Waals surface area (Å²) in [5.74, 6) is 0.118. The summed E-state index contributed by atoms with van der Waals surface area (Å²) in [6.07, 6.45) is -0.156. The molecule has 1 heterocycles. The maximum Gasteiger partial charge on any atom is 0.239 e. The summed E-state index contributed by atoms with van der Waals surface area (Å²) >= 11 is 3.30. The zero-order chi connectivity index (χ0) is 10.6. The molecule has 1 rings (SSSR count). The number of anilines is 1. The average Bonchev–Trinajstić information content (AvgIpc) is 2.12. The fourth-order valence-electron chi connectivity index (χ4n) is 0.873. The number of nitrogens with one attached hydrogen (secondary N) is 1. The summed E-state index contributed by atoms with van der Waals surface area (Å²) in [5, 5.41) is 10.8. The fourth-order valence-corrected chi connectivity index (χ4v) is 1.09. The Hall–Kier alpha value is -1.41. The molecule has 1 amide bonds. The van der Waals surface area contributed by atoms with Crippen molar-refractivity contribution in [2.75, 3.05) is 5.32 Å². The van der Waals surface area contributed by atoms with Gasteiger partial charge in [0, 0.05) is 4.47 Å². The Bertz CT molecular complexity index is 398. The van der Waals surface area contributed by atoms with E-state index in [1.807, 2.05) is 6.92 Å². The molecule has 1 aromatic rings. The van der Waals surface area contributed by atoms with Gasteiger partial charge < -0.3 is 5.32 Å². The van der Waals surface area contributed by atoms with E-state index in [-0.39, 0.29) is 12.3 Å². The quantitative estimate of drug-likeness (QED) is 0.877. The third-order valence-electron chi connectivity index (χ3n) is 1.53. The van der Waals surface area contributed by atoms with Crippen molar-refractivity contribution in [3.05, 3.63) is 22.3 Å². The van der Waals surface area contributed by atoms with Crippen LogP contribution in [0.3, 0.4) is 0 Å². The number of aryl methyl sites for hydroxylation is 1. The third kappa shape index (κ3) is 2.82. The number of carbonyl (C=O) groups excluding carboxylic acids is 1. The van der Waals surface area contributed by atoms with E-state index in [1.165, 1.54) is 0 Å². The molecule has 0 aliphatic rings. The molecule has 5 heteroatoms. The van der Waals surface area contributed by atoms with Crippen LogP contribution in [0.25, 0.3) is 0 Å². The lowest BCUT2D eigenvalue weighted by atomic mass is 10.3. The van der Waals surface area contributed by atoms with E-state index in [1.54, 1.807) is 18.2 Å². The normalized spacial score (nSPS) is 9.21. The Morgan fingerprint density at radius 1 is 1.71 bits per heavy atom. The molecule has 0 aromatic carbocycles.